The average molecular weight is 287 g/mol. The Morgan fingerprint density at radius 1 is 1.32 bits per heavy atom. The Morgan fingerprint density at radius 2 is 2.00 bits per heavy atom. The molecule has 0 radical (unpaired) electrons. The maximum atomic E-state index is 12.7. The van der Waals surface area contributed by atoms with Gasteiger partial charge in [0.2, 0.25) is 0 Å². The molecule has 2 rings (SSSR count). The van der Waals surface area contributed by atoms with Gasteiger partial charge in [0.15, 0.2) is 5.69 Å². The lowest BCUT2D eigenvalue weighted by Crippen LogP contribution is -2.07. The maximum absolute atomic E-state index is 12.7. The molecular weight excluding hydrogens is 277 g/mol. The van der Waals surface area contributed by atoms with Crippen LogP contribution in [0, 0.1) is 0 Å². The quantitative estimate of drug-likeness (QED) is 0.770. The van der Waals surface area contributed by atoms with Crippen LogP contribution in [0.4, 0.5) is 13.2 Å². The van der Waals surface area contributed by atoms with Crippen LogP contribution in [0.15, 0.2) is 43.0 Å². The van der Waals surface area contributed by atoms with Gasteiger partial charge in [0, 0.05) is 12.1 Å². The van der Waals surface area contributed by atoms with Gasteiger partial charge in [-0.3, -0.25) is 0 Å². The van der Waals surface area contributed by atoms with Crippen LogP contribution in [-0.2, 0) is 12.6 Å². The smallest absolute Gasteiger partial charge is 0.235 e. The molecule has 0 aliphatic rings. The lowest BCUT2D eigenvalue weighted by Gasteiger charge is -2.07. The van der Waals surface area contributed by atoms with Crippen molar-refractivity contribution in [3.05, 3.63) is 59.4 Å². The predicted molar refractivity (Wildman–Crippen MR) is 67.5 cm³/mol. The lowest BCUT2D eigenvalue weighted by molar-refractivity contribution is -0.141. The SMILES string of the molecule is C=CCc1cc(C(F)(F)F)nn1-c1ccccc1Cl. The normalized spacial score (nSPS) is 11.6. The molecule has 19 heavy (non-hydrogen) atoms. The first-order valence-corrected chi connectivity index (χ1v) is 5.83. The molecule has 0 aliphatic carbocycles. The number of hydrogen-bond donors (Lipinski definition) is 0. The summed E-state index contributed by atoms with van der Waals surface area (Å²) in [6, 6.07) is 7.61. The van der Waals surface area contributed by atoms with E-state index in [4.69, 9.17) is 11.6 Å². The minimum atomic E-state index is -4.48. The summed E-state index contributed by atoms with van der Waals surface area (Å²) in [5.41, 5.74) is -0.142. The highest BCUT2D eigenvalue weighted by Gasteiger charge is 2.35. The molecular formula is C13H10ClF3N2. The van der Waals surface area contributed by atoms with Crippen LogP contribution in [0.5, 0.6) is 0 Å². The second-order valence-electron chi connectivity index (χ2n) is 3.87. The van der Waals surface area contributed by atoms with E-state index in [0.717, 1.165) is 6.07 Å². The largest absolute Gasteiger partial charge is 0.435 e. The van der Waals surface area contributed by atoms with Crippen LogP contribution in [-0.4, -0.2) is 9.78 Å². The van der Waals surface area contributed by atoms with Crippen molar-refractivity contribution in [2.45, 2.75) is 12.6 Å². The number of benzene rings is 1. The van der Waals surface area contributed by atoms with E-state index in [1.807, 2.05) is 0 Å². The molecule has 0 atom stereocenters. The molecule has 0 saturated heterocycles. The second kappa shape index (κ2) is 5.09. The van der Waals surface area contributed by atoms with Crippen LogP contribution in [0.3, 0.4) is 0 Å². The molecule has 0 fully saturated rings. The summed E-state index contributed by atoms with van der Waals surface area (Å²) >= 11 is 5.99. The van der Waals surface area contributed by atoms with Crippen LogP contribution in [0.2, 0.25) is 5.02 Å². The number of halogens is 4. The zero-order valence-corrected chi connectivity index (χ0v) is 10.5. The predicted octanol–water partition coefficient (Wildman–Crippen LogP) is 4.27. The fourth-order valence-electron chi connectivity index (χ4n) is 1.68. The topological polar surface area (TPSA) is 17.8 Å². The minimum Gasteiger partial charge on any atom is -0.235 e. The summed E-state index contributed by atoms with van der Waals surface area (Å²) in [7, 11) is 0. The number of aromatic nitrogens is 2. The Balaban J connectivity index is 2.59. The van der Waals surface area contributed by atoms with E-state index in [1.54, 1.807) is 24.3 Å². The molecule has 2 nitrogen and oxygen atoms in total. The fraction of sp³-hybridized carbons (Fsp3) is 0.154. The van der Waals surface area contributed by atoms with E-state index in [1.165, 1.54) is 10.8 Å². The number of rotatable bonds is 3. The minimum absolute atomic E-state index is 0.272. The van der Waals surface area contributed by atoms with Crippen molar-refractivity contribution in [1.82, 2.24) is 9.78 Å². The molecule has 0 unspecified atom stereocenters. The van der Waals surface area contributed by atoms with Gasteiger partial charge in [-0.2, -0.15) is 18.3 Å². The lowest BCUT2D eigenvalue weighted by atomic mass is 10.2. The highest BCUT2D eigenvalue weighted by atomic mass is 35.5. The van der Waals surface area contributed by atoms with Gasteiger partial charge < -0.3 is 0 Å². The molecule has 0 bridgehead atoms. The van der Waals surface area contributed by atoms with Gasteiger partial charge in [0.05, 0.1) is 10.7 Å². The number of nitrogens with zero attached hydrogens (tertiary/aromatic N) is 2. The van der Waals surface area contributed by atoms with E-state index in [-0.39, 0.29) is 6.42 Å². The molecule has 0 aliphatic heterocycles. The molecule has 1 aromatic carbocycles. The zero-order chi connectivity index (χ0) is 14.0. The van der Waals surface area contributed by atoms with Gasteiger partial charge in [0.1, 0.15) is 0 Å². The van der Waals surface area contributed by atoms with Crippen molar-refractivity contribution in [2.75, 3.05) is 0 Å². The third-order valence-electron chi connectivity index (χ3n) is 2.51. The Kier molecular flexibility index (Phi) is 3.66. The third kappa shape index (κ3) is 2.81. The summed E-state index contributed by atoms with van der Waals surface area (Å²) in [6.45, 7) is 3.53. The van der Waals surface area contributed by atoms with Crippen molar-refractivity contribution in [3.63, 3.8) is 0 Å². The Labute approximate surface area is 113 Å². The maximum Gasteiger partial charge on any atom is 0.435 e. The molecule has 0 N–H and O–H groups in total. The summed E-state index contributed by atoms with van der Waals surface area (Å²) in [5.74, 6) is 0. The molecule has 0 saturated carbocycles. The highest BCUT2D eigenvalue weighted by Crippen LogP contribution is 2.31. The fourth-order valence-corrected chi connectivity index (χ4v) is 1.90. The Hall–Kier alpha value is -1.75. The van der Waals surface area contributed by atoms with E-state index >= 15 is 0 Å². The van der Waals surface area contributed by atoms with Crippen LogP contribution >= 0.6 is 11.6 Å². The van der Waals surface area contributed by atoms with E-state index in [2.05, 4.69) is 11.7 Å². The standard InChI is InChI=1S/C13H10ClF3N2/c1-2-5-9-8-12(13(15,16)17)18-19(9)11-7-4-3-6-10(11)14/h2-4,6-8H,1,5H2. The summed E-state index contributed by atoms with van der Waals surface area (Å²) in [6.07, 6.45) is -2.69. The van der Waals surface area contributed by atoms with Crippen LogP contribution in [0.25, 0.3) is 5.69 Å². The molecule has 0 amide bonds. The van der Waals surface area contributed by atoms with Gasteiger partial charge in [-0.05, 0) is 18.2 Å². The molecule has 1 aromatic heterocycles. The zero-order valence-electron chi connectivity index (χ0n) is 9.78. The number of alkyl halides is 3. The first-order valence-electron chi connectivity index (χ1n) is 5.45. The van der Waals surface area contributed by atoms with Gasteiger partial charge in [-0.15, -0.1) is 6.58 Å². The van der Waals surface area contributed by atoms with E-state index < -0.39 is 11.9 Å². The molecule has 1 heterocycles. The first-order chi connectivity index (χ1) is 8.93. The van der Waals surface area contributed by atoms with Gasteiger partial charge >= 0.3 is 6.18 Å². The van der Waals surface area contributed by atoms with Gasteiger partial charge in [-0.25, -0.2) is 4.68 Å². The monoisotopic (exact) mass is 286 g/mol. The molecule has 2 aromatic rings. The van der Waals surface area contributed by atoms with E-state index in [0.29, 0.717) is 16.4 Å². The van der Waals surface area contributed by atoms with Crippen LogP contribution < -0.4 is 0 Å². The molecule has 0 spiro atoms. The number of para-hydroxylation sites is 1. The Bertz CT molecular complexity index is 602. The first kappa shape index (κ1) is 13.7. The molecule has 6 heteroatoms. The van der Waals surface area contributed by atoms with Gasteiger partial charge in [0.25, 0.3) is 0 Å². The highest BCUT2D eigenvalue weighted by molar-refractivity contribution is 6.32. The third-order valence-corrected chi connectivity index (χ3v) is 2.83. The van der Waals surface area contributed by atoms with E-state index in [9.17, 15) is 13.2 Å². The second-order valence-corrected chi connectivity index (χ2v) is 4.28. The number of hydrogen-bond acceptors (Lipinski definition) is 1. The van der Waals surface area contributed by atoms with Crippen LogP contribution in [0.1, 0.15) is 11.4 Å². The Morgan fingerprint density at radius 3 is 2.58 bits per heavy atom. The van der Waals surface area contributed by atoms with Crippen molar-refractivity contribution in [1.29, 1.82) is 0 Å². The summed E-state index contributed by atoms with van der Waals surface area (Å²) in [4.78, 5) is 0. The molecule has 100 valence electrons. The van der Waals surface area contributed by atoms with Crippen molar-refractivity contribution < 1.29 is 13.2 Å². The summed E-state index contributed by atoms with van der Waals surface area (Å²) in [5, 5.41) is 3.93. The summed E-state index contributed by atoms with van der Waals surface area (Å²) < 4.78 is 39.3. The average Bonchev–Trinajstić information content (AvgIpc) is 2.74. The van der Waals surface area contributed by atoms with Gasteiger partial charge in [-0.1, -0.05) is 29.8 Å². The van der Waals surface area contributed by atoms with Crippen molar-refractivity contribution in [2.24, 2.45) is 0 Å². The number of allylic oxidation sites excluding steroid dienone is 1. The van der Waals surface area contributed by atoms with Crippen molar-refractivity contribution >= 4 is 11.6 Å². The van der Waals surface area contributed by atoms with Crippen molar-refractivity contribution in [3.8, 4) is 5.69 Å².